The number of hydrogen-bond acceptors (Lipinski definition) is 7. The van der Waals surface area contributed by atoms with Crippen LogP contribution >= 0.6 is 0 Å². The van der Waals surface area contributed by atoms with Gasteiger partial charge in [-0.3, -0.25) is 4.55 Å². The van der Waals surface area contributed by atoms with E-state index in [2.05, 4.69) is 19.9 Å². The number of aromatic nitrogens is 4. The van der Waals surface area contributed by atoms with E-state index in [-0.39, 0.29) is 0 Å². The number of carbonyl (C=O) groups is 1. The van der Waals surface area contributed by atoms with Crippen LogP contribution in [0.5, 0.6) is 0 Å². The van der Waals surface area contributed by atoms with E-state index >= 15 is 0 Å². The van der Waals surface area contributed by atoms with Gasteiger partial charge >= 0.3 is 15.4 Å². The molecule has 9 nitrogen and oxygen atoms in total. The summed E-state index contributed by atoms with van der Waals surface area (Å²) in [5, 5.41) is 5.18. The lowest BCUT2D eigenvalue weighted by atomic mass is 10.7. The third kappa shape index (κ3) is 11.8. The van der Waals surface area contributed by atoms with Crippen LogP contribution in [0.15, 0.2) is 49.6 Å². The Morgan fingerprint density at radius 1 is 0.842 bits per heavy atom. The Hall–Kier alpha value is -2.46. The summed E-state index contributed by atoms with van der Waals surface area (Å²) in [4.78, 5) is 23.9. The standard InChI is InChI=1S/2C4H4N2.CH2O5S/c2*1-2-5-4-6-3-1;2-1(3)7(4,5)6/h2*1-4H;(H,2,3)(H,4,5,6). The van der Waals surface area contributed by atoms with Gasteiger partial charge in [-0.25, -0.2) is 24.7 Å². The normalized spacial score (nSPS) is 9.11. The lowest BCUT2D eigenvalue weighted by Crippen LogP contribution is -2.08. The van der Waals surface area contributed by atoms with Gasteiger partial charge in [-0.15, -0.1) is 0 Å². The van der Waals surface area contributed by atoms with E-state index in [0.29, 0.717) is 0 Å². The molecule has 2 rings (SSSR count). The summed E-state index contributed by atoms with van der Waals surface area (Å²) in [7, 11) is -4.82. The fourth-order valence-electron chi connectivity index (χ4n) is 0.507. The quantitative estimate of drug-likeness (QED) is 0.661. The van der Waals surface area contributed by atoms with Gasteiger partial charge in [-0.2, -0.15) is 8.42 Å². The van der Waals surface area contributed by atoms with Crippen molar-refractivity contribution >= 4 is 15.4 Å². The minimum absolute atomic E-state index is 1.50. The van der Waals surface area contributed by atoms with Gasteiger partial charge in [-0.1, -0.05) is 0 Å². The van der Waals surface area contributed by atoms with Crippen LogP contribution in [0.2, 0.25) is 0 Å². The smallest absolute Gasteiger partial charge is 0.449 e. The summed E-state index contributed by atoms with van der Waals surface area (Å²) < 4.78 is 26.0. The first-order valence-corrected chi connectivity index (χ1v) is 5.99. The van der Waals surface area contributed by atoms with Crippen molar-refractivity contribution in [2.45, 2.75) is 0 Å². The largest absolute Gasteiger partial charge is 0.468 e. The van der Waals surface area contributed by atoms with Crippen LogP contribution in [0.4, 0.5) is 4.79 Å². The zero-order valence-corrected chi connectivity index (χ0v) is 10.3. The minimum Gasteiger partial charge on any atom is -0.468 e. The van der Waals surface area contributed by atoms with Crippen LogP contribution < -0.4 is 0 Å². The monoisotopic (exact) mass is 286 g/mol. The van der Waals surface area contributed by atoms with Crippen LogP contribution in [0, 0.1) is 0 Å². The topological polar surface area (TPSA) is 143 Å². The predicted molar refractivity (Wildman–Crippen MR) is 63.6 cm³/mol. The van der Waals surface area contributed by atoms with Crippen molar-refractivity contribution in [1.29, 1.82) is 0 Å². The molecule has 2 aromatic heterocycles. The van der Waals surface area contributed by atoms with E-state index in [1.165, 1.54) is 12.7 Å². The lowest BCUT2D eigenvalue weighted by Gasteiger charge is -1.78. The molecule has 0 bridgehead atoms. The Labute approximate surface area is 108 Å². The number of nitrogens with zero attached hydrogens (tertiary/aromatic N) is 4. The predicted octanol–water partition coefficient (Wildman–Crippen LogP) is 0.505. The van der Waals surface area contributed by atoms with E-state index in [4.69, 9.17) is 9.66 Å². The summed E-state index contributed by atoms with van der Waals surface area (Å²) in [5.74, 6) is 0. The van der Waals surface area contributed by atoms with Crippen molar-refractivity contribution in [3.63, 3.8) is 0 Å². The van der Waals surface area contributed by atoms with Gasteiger partial charge in [0.25, 0.3) is 0 Å². The first-order valence-electron chi connectivity index (χ1n) is 4.55. The fraction of sp³-hybridized carbons (Fsp3) is 0. The van der Waals surface area contributed by atoms with E-state index in [1.807, 2.05) is 0 Å². The molecular weight excluding hydrogens is 276 g/mol. The highest BCUT2D eigenvalue weighted by Gasteiger charge is 2.14. The Bertz CT molecular complexity index is 464. The Balaban J connectivity index is 0.000000256. The molecule has 0 aliphatic rings. The molecule has 102 valence electrons. The van der Waals surface area contributed by atoms with Crippen molar-refractivity contribution in [2.75, 3.05) is 0 Å². The molecule has 0 unspecified atom stereocenters. The molecule has 0 aliphatic carbocycles. The van der Waals surface area contributed by atoms with Gasteiger partial charge in [0.2, 0.25) is 0 Å². The second kappa shape index (κ2) is 9.56. The molecule has 2 heterocycles. The molecule has 0 amide bonds. The molecule has 10 heteroatoms. The average molecular weight is 286 g/mol. The van der Waals surface area contributed by atoms with Gasteiger partial charge in [0.1, 0.15) is 12.7 Å². The van der Waals surface area contributed by atoms with Gasteiger partial charge in [0.05, 0.1) is 0 Å². The number of hydrogen-bond donors (Lipinski definition) is 2. The number of rotatable bonds is 0. The molecule has 0 aliphatic heterocycles. The van der Waals surface area contributed by atoms with Gasteiger partial charge < -0.3 is 5.11 Å². The molecule has 0 spiro atoms. The fourth-order valence-corrected chi connectivity index (χ4v) is 0.507. The molecule has 0 radical (unpaired) electrons. The summed E-state index contributed by atoms with van der Waals surface area (Å²) in [5.41, 5.74) is 0. The van der Waals surface area contributed by atoms with Crippen molar-refractivity contribution < 1.29 is 22.9 Å². The summed E-state index contributed by atoms with van der Waals surface area (Å²) >= 11 is 0. The number of carboxylic acid groups (broad SMARTS) is 1. The first kappa shape index (κ1) is 16.5. The second-order valence-corrected chi connectivity index (χ2v) is 3.85. The third-order valence-electron chi connectivity index (χ3n) is 1.18. The Morgan fingerprint density at radius 2 is 1.11 bits per heavy atom. The Kier molecular flexibility index (Phi) is 8.32. The zero-order valence-electron chi connectivity index (χ0n) is 9.44. The van der Waals surface area contributed by atoms with E-state index in [1.54, 1.807) is 36.9 Å². The Morgan fingerprint density at radius 3 is 1.16 bits per heavy atom. The van der Waals surface area contributed by atoms with E-state index in [9.17, 15) is 13.2 Å². The van der Waals surface area contributed by atoms with Crippen LogP contribution in [-0.2, 0) is 10.1 Å². The highest BCUT2D eigenvalue weighted by Crippen LogP contribution is 1.79. The molecular formula is C9H10N4O5S. The van der Waals surface area contributed by atoms with Crippen LogP contribution in [0.25, 0.3) is 0 Å². The summed E-state index contributed by atoms with van der Waals surface area (Å²) in [6.45, 7) is 0. The van der Waals surface area contributed by atoms with E-state index < -0.39 is 15.4 Å². The van der Waals surface area contributed by atoms with Crippen molar-refractivity contribution in [2.24, 2.45) is 0 Å². The molecule has 19 heavy (non-hydrogen) atoms. The highest BCUT2D eigenvalue weighted by molar-refractivity contribution is 8.00. The van der Waals surface area contributed by atoms with Gasteiger partial charge in [-0.05, 0) is 12.1 Å². The maximum Gasteiger partial charge on any atom is 0.449 e. The SMILES string of the molecule is O=C(O)S(=O)(=O)O.c1cncnc1.c1cncnc1. The molecule has 0 saturated carbocycles. The summed E-state index contributed by atoms with van der Waals surface area (Å²) in [6, 6.07) is 3.56. The van der Waals surface area contributed by atoms with Crippen molar-refractivity contribution in [3.05, 3.63) is 49.6 Å². The lowest BCUT2D eigenvalue weighted by molar-refractivity contribution is 0.216. The van der Waals surface area contributed by atoms with Gasteiger partial charge in [0.15, 0.2) is 0 Å². The van der Waals surface area contributed by atoms with Crippen LogP contribution in [0.3, 0.4) is 0 Å². The van der Waals surface area contributed by atoms with Gasteiger partial charge in [0, 0.05) is 24.8 Å². The van der Waals surface area contributed by atoms with Crippen molar-refractivity contribution in [3.8, 4) is 0 Å². The second-order valence-electron chi connectivity index (χ2n) is 2.55. The molecule has 0 saturated heterocycles. The molecule has 0 atom stereocenters. The van der Waals surface area contributed by atoms with E-state index in [0.717, 1.165) is 0 Å². The molecule has 0 aromatic carbocycles. The zero-order chi connectivity index (χ0) is 14.6. The first-order chi connectivity index (χ1) is 8.94. The summed E-state index contributed by atoms with van der Waals surface area (Å²) in [6.07, 6.45) is 9.75. The maximum absolute atomic E-state index is 9.29. The average Bonchev–Trinajstić information content (AvgIpc) is 2.43. The van der Waals surface area contributed by atoms with Crippen LogP contribution in [-0.4, -0.2) is 43.3 Å². The molecule has 2 N–H and O–H groups in total. The maximum atomic E-state index is 9.29. The van der Waals surface area contributed by atoms with Crippen LogP contribution in [0.1, 0.15) is 0 Å². The highest BCUT2D eigenvalue weighted by atomic mass is 32.2. The minimum atomic E-state index is -4.82. The molecule has 2 aromatic rings. The third-order valence-corrected chi connectivity index (χ3v) is 1.62. The molecule has 0 fully saturated rings. The van der Waals surface area contributed by atoms with Crippen molar-refractivity contribution in [1.82, 2.24) is 19.9 Å².